The number of amides is 2. The number of carbonyl (C=O) groups is 2. The lowest BCUT2D eigenvalue weighted by Gasteiger charge is -2.14. The van der Waals surface area contributed by atoms with Crippen molar-refractivity contribution in [3.05, 3.63) is 86.5 Å². The third-order valence-corrected chi connectivity index (χ3v) is 6.14. The molecule has 0 aromatic heterocycles. The molecule has 1 aliphatic heterocycles. The summed E-state index contributed by atoms with van der Waals surface area (Å²) in [6.45, 7) is 0.910. The second-order valence-electron chi connectivity index (χ2n) is 7.51. The lowest BCUT2D eigenvalue weighted by Crippen LogP contribution is -2.35. The first-order chi connectivity index (χ1) is 17.0. The SMILES string of the molecule is COc1cc(/C=C2/C(=O)NN(c3ccccc3)C2=O)cc(I)c1OCCCOc1ccc(Cl)cc1. The van der Waals surface area contributed by atoms with Crippen LogP contribution in [0.25, 0.3) is 6.08 Å². The van der Waals surface area contributed by atoms with E-state index in [0.717, 1.165) is 9.32 Å². The molecule has 0 saturated carbocycles. The van der Waals surface area contributed by atoms with Crippen LogP contribution in [0.15, 0.2) is 72.3 Å². The molecule has 180 valence electrons. The van der Waals surface area contributed by atoms with Crippen molar-refractivity contribution in [3.8, 4) is 17.2 Å². The molecule has 3 aromatic rings. The quantitative estimate of drug-likeness (QED) is 0.156. The Kier molecular flexibility index (Phi) is 8.14. The molecule has 0 aliphatic carbocycles. The third kappa shape index (κ3) is 6.07. The summed E-state index contributed by atoms with van der Waals surface area (Å²) in [6, 6.07) is 19.7. The summed E-state index contributed by atoms with van der Waals surface area (Å²) >= 11 is 8.03. The maximum absolute atomic E-state index is 12.8. The monoisotopic (exact) mass is 604 g/mol. The number of carbonyl (C=O) groups excluding carboxylic acids is 2. The van der Waals surface area contributed by atoms with Gasteiger partial charge >= 0.3 is 0 Å². The molecular formula is C26H22ClIN2O5. The van der Waals surface area contributed by atoms with Crippen LogP contribution in [-0.4, -0.2) is 32.1 Å². The van der Waals surface area contributed by atoms with Gasteiger partial charge in [0.05, 0.1) is 29.6 Å². The molecule has 7 nitrogen and oxygen atoms in total. The zero-order chi connectivity index (χ0) is 24.8. The van der Waals surface area contributed by atoms with Gasteiger partial charge in [-0.25, -0.2) is 5.01 Å². The van der Waals surface area contributed by atoms with Gasteiger partial charge in [-0.1, -0.05) is 29.8 Å². The van der Waals surface area contributed by atoms with Crippen molar-refractivity contribution in [2.24, 2.45) is 0 Å². The highest BCUT2D eigenvalue weighted by atomic mass is 127. The Morgan fingerprint density at radius 2 is 1.71 bits per heavy atom. The van der Waals surface area contributed by atoms with Crippen LogP contribution in [0, 0.1) is 3.57 Å². The molecule has 3 aromatic carbocycles. The smallest absolute Gasteiger partial charge is 0.282 e. The molecule has 1 saturated heterocycles. The lowest BCUT2D eigenvalue weighted by molar-refractivity contribution is -0.117. The average molecular weight is 605 g/mol. The van der Waals surface area contributed by atoms with E-state index in [-0.39, 0.29) is 5.57 Å². The second-order valence-corrected chi connectivity index (χ2v) is 9.11. The van der Waals surface area contributed by atoms with Crippen LogP contribution in [0.2, 0.25) is 5.02 Å². The van der Waals surface area contributed by atoms with Crippen molar-refractivity contribution < 1.29 is 23.8 Å². The number of para-hydroxylation sites is 1. The Bertz CT molecular complexity index is 1250. The minimum absolute atomic E-state index is 0.0414. The molecule has 9 heteroatoms. The third-order valence-electron chi connectivity index (χ3n) is 5.09. The van der Waals surface area contributed by atoms with E-state index < -0.39 is 11.8 Å². The highest BCUT2D eigenvalue weighted by molar-refractivity contribution is 14.1. The van der Waals surface area contributed by atoms with E-state index in [4.69, 9.17) is 25.8 Å². The number of anilines is 1. The molecule has 0 bridgehead atoms. The van der Waals surface area contributed by atoms with Crippen molar-refractivity contribution in [1.29, 1.82) is 0 Å². The molecule has 0 spiro atoms. The largest absolute Gasteiger partial charge is 0.493 e. The average Bonchev–Trinajstić information content (AvgIpc) is 3.14. The number of hydrogen-bond acceptors (Lipinski definition) is 5. The Morgan fingerprint density at radius 3 is 2.43 bits per heavy atom. The summed E-state index contributed by atoms with van der Waals surface area (Å²) in [5.41, 5.74) is 3.88. The summed E-state index contributed by atoms with van der Waals surface area (Å²) in [6.07, 6.45) is 2.21. The molecule has 1 aliphatic rings. The van der Waals surface area contributed by atoms with Crippen LogP contribution >= 0.6 is 34.2 Å². The van der Waals surface area contributed by atoms with E-state index in [2.05, 4.69) is 28.0 Å². The minimum atomic E-state index is -0.464. The van der Waals surface area contributed by atoms with Crippen molar-refractivity contribution in [3.63, 3.8) is 0 Å². The summed E-state index contributed by atoms with van der Waals surface area (Å²) < 4.78 is 17.9. The van der Waals surface area contributed by atoms with Crippen LogP contribution in [-0.2, 0) is 9.59 Å². The summed E-state index contributed by atoms with van der Waals surface area (Å²) in [5, 5.41) is 1.90. The summed E-state index contributed by atoms with van der Waals surface area (Å²) in [7, 11) is 1.55. The zero-order valence-electron chi connectivity index (χ0n) is 18.8. The van der Waals surface area contributed by atoms with Crippen molar-refractivity contribution in [2.75, 3.05) is 25.3 Å². The minimum Gasteiger partial charge on any atom is -0.493 e. The number of nitrogens with zero attached hydrogens (tertiary/aromatic N) is 1. The van der Waals surface area contributed by atoms with Gasteiger partial charge in [0.1, 0.15) is 11.3 Å². The highest BCUT2D eigenvalue weighted by Gasteiger charge is 2.34. The van der Waals surface area contributed by atoms with Crippen LogP contribution in [0.1, 0.15) is 12.0 Å². The highest BCUT2D eigenvalue weighted by Crippen LogP contribution is 2.35. The first-order valence-electron chi connectivity index (χ1n) is 10.8. The topological polar surface area (TPSA) is 77.1 Å². The van der Waals surface area contributed by atoms with Gasteiger partial charge in [-0.2, -0.15) is 0 Å². The van der Waals surface area contributed by atoms with Gasteiger partial charge in [-0.3, -0.25) is 15.0 Å². The number of methoxy groups -OCH3 is 1. The molecule has 35 heavy (non-hydrogen) atoms. The normalized spacial score (nSPS) is 14.3. The molecule has 1 heterocycles. The number of nitrogens with one attached hydrogen (secondary N) is 1. The zero-order valence-corrected chi connectivity index (χ0v) is 21.7. The fourth-order valence-corrected chi connectivity index (χ4v) is 4.31. The van der Waals surface area contributed by atoms with Crippen molar-refractivity contribution in [2.45, 2.75) is 6.42 Å². The lowest BCUT2D eigenvalue weighted by atomic mass is 10.1. The number of halogens is 2. The van der Waals surface area contributed by atoms with E-state index >= 15 is 0 Å². The molecular weight excluding hydrogens is 583 g/mol. The van der Waals surface area contributed by atoms with Crippen molar-refractivity contribution in [1.82, 2.24) is 5.43 Å². The number of hydrogen-bond donors (Lipinski definition) is 1. The molecule has 0 unspecified atom stereocenters. The Balaban J connectivity index is 1.41. The predicted octanol–water partition coefficient (Wildman–Crippen LogP) is 5.26. The Labute approximate surface area is 221 Å². The van der Waals surface area contributed by atoms with E-state index in [1.165, 1.54) is 5.01 Å². The standard InChI is InChI=1S/C26H22ClIN2O5/c1-33-23-16-17(14-21-25(31)29-30(26(21)32)19-6-3-2-4-7-19)15-22(28)24(23)35-13-5-12-34-20-10-8-18(27)9-11-20/h2-4,6-11,14-16H,5,12-13H2,1H3,(H,29,31)/b21-14-. The van der Waals surface area contributed by atoms with Crippen LogP contribution in [0.3, 0.4) is 0 Å². The molecule has 4 rings (SSSR count). The molecule has 0 atom stereocenters. The Morgan fingerprint density at radius 1 is 1.00 bits per heavy atom. The van der Waals surface area contributed by atoms with Gasteiger partial charge in [-0.05, 0) is 82.8 Å². The summed E-state index contributed by atoms with van der Waals surface area (Å²) in [4.78, 5) is 25.3. The van der Waals surface area contributed by atoms with Crippen LogP contribution in [0.5, 0.6) is 17.2 Å². The van der Waals surface area contributed by atoms with Gasteiger partial charge in [0, 0.05) is 11.4 Å². The van der Waals surface area contributed by atoms with E-state index in [9.17, 15) is 9.59 Å². The van der Waals surface area contributed by atoms with Gasteiger partial charge in [0.2, 0.25) is 0 Å². The molecule has 1 fully saturated rings. The maximum atomic E-state index is 12.8. The molecule has 1 N–H and O–H groups in total. The van der Waals surface area contributed by atoms with Gasteiger partial charge in [0.15, 0.2) is 11.5 Å². The molecule has 2 amide bonds. The summed E-state index contributed by atoms with van der Waals surface area (Å²) in [5.74, 6) is 0.961. The van der Waals surface area contributed by atoms with E-state index in [1.54, 1.807) is 55.7 Å². The predicted molar refractivity (Wildman–Crippen MR) is 143 cm³/mol. The van der Waals surface area contributed by atoms with E-state index in [0.29, 0.717) is 47.4 Å². The van der Waals surface area contributed by atoms with Crippen LogP contribution < -0.4 is 24.6 Å². The fourth-order valence-electron chi connectivity index (χ4n) is 3.40. The van der Waals surface area contributed by atoms with Crippen molar-refractivity contribution >= 4 is 57.8 Å². The number of benzene rings is 3. The van der Waals surface area contributed by atoms with E-state index in [1.807, 2.05) is 24.3 Å². The second kappa shape index (κ2) is 11.5. The van der Waals surface area contributed by atoms with Gasteiger partial charge in [0.25, 0.3) is 11.8 Å². The first kappa shape index (κ1) is 24.9. The maximum Gasteiger partial charge on any atom is 0.282 e. The number of hydrazine groups is 1. The van der Waals surface area contributed by atoms with Crippen LogP contribution in [0.4, 0.5) is 5.69 Å². The number of ether oxygens (including phenoxy) is 3. The fraction of sp³-hybridized carbons (Fsp3) is 0.154. The van der Waals surface area contributed by atoms with Gasteiger partial charge < -0.3 is 14.2 Å². The molecule has 0 radical (unpaired) electrons. The number of rotatable bonds is 9. The first-order valence-corrected chi connectivity index (χ1v) is 12.2. The Hall–Kier alpha value is -3.24. The van der Waals surface area contributed by atoms with Gasteiger partial charge in [-0.15, -0.1) is 0 Å².